The van der Waals surface area contributed by atoms with Crippen LogP contribution in [0.5, 0.6) is 0 Å². The Morgan fingerprint density at radius 2 is 2.06 bits per heavy atom. The van der Waals surface area contributed by atoms with E-state index in [1.807, 2.05) is 0 Å². The molecule has 7 nitrogen and oxygen atoms in total. The second-order valence-electron chi connectivity index (χ2n) is 7.93. The van der Waals surface area contributed by atoms with Crippen molar-refractivity contribution in [1.29, 1.82) is 0 Å². The molecule has 3 aromatic rings. The molecule has 1 amide bonds. The second kappa shape index (κ2) is 9.30. The van der Waals surface area contributed by atoms with Crippen LogP contribution in [0, 0.1) is 11.2 Å². The van der Waals surface area contributed by atoms with Crippen LogP contribution in [0.15, 0.2) is 59.4 Å². The number of pyridine rings is 1. The predicted octanol–water partition coefficient (Wildman–Crippen LogP) is 3.90. The third kappa shape index (κ3) is 4.54. The van der Waals surface area contributed by atoms with Gasteiger partial charge < -0.3 is 14.2 Å². The Morgan fingerprint density at radius 1 is 1.25 bits per heavy atom. The maximum atomic E-state index is 13.2. The number of rotatable bonds is 6. The van der Waals surface area contributed by atoms with E-state index in [0.29, 0.717) is 42.0 Å². The summed E-state index contributed by atoms with van der Waals surface area (Å²) in [5.74, 6) is -0.355. The molecular formula is C24H24FN3O4. The maximum absolute atomic E-state index is 13.2. The molecule has 0 bridgehead atoms. The van der Waals surface area contributed by atoms with Crippen LogP contribution in [-0.2, 0) is 16.0 Å². The molecule has 1 fully saturated rings. The Kier molecular flexibility index (Phi) is 6.30. The summed E-state index contributed by atoms with van der Waals surface area (Å²) in [5, 5.41) is 4.08. The van der Waals surface area contributed by atoms with E-state index in [2.05, 4.69) is 10.1 Å². The molecule has 1 atom stereocenters. The lowest BCUT2D eigenvalue weighted by Gasteiger charge is -2.40. The van der Waals surface area contributed by atoms with Gasteiger partial charge in [-0.1, -0.05) is 5.16 Å². The first-order valence-electron chi connectivity index (χ1n) is 10.6. The lowest BCUT2D eigenvalue weighted by molar-refractivity contribution is -0.158. The van der Waals surface area contributed by atoms with Gasteiger partial charge in [-0.3, -0.25) is 14.6 Å². The first-order valence-corrected chi connectivity index (χ1v) is 10.6. The van der Waals surface area contributed by atoms with Gasteiger partial charge in [-0.15, -0.1) is 0 Å². The van der Waals surface area contributed by atoms with Gasteiger partial charge in [-0.05, 0) is 56.2 Å². The Morgan fingerprint density at radius 3 is 2.78 bits per heavy atom. The van der Waals surface area contributed by atoms with E-state index in [1.54, 1.807) is 48.4 Å². The normalized spacial score (nSPS) is 18.4. The molecule has 0 N–H and O–H groups in total. The minimum absolute atomic E-state index is 0.170. The highest BCUT2D eigenvalue weighted by Crippen LogP contribution is 2.36. The minimum atomic E-state index is -0.939. The molecule has 2 aromatic heterocycles. The van der Waals surface area contributed by atoms with Crippen LogP contribution >= 0.6 is 0 Å². The van der Waals surface area contributed by atoms with Gasteiger partial charge in [-0.2, -0.15) is 0 Å². The predicted molar refractivity (Wildman–Crippen MR) is 114 cm³/mol. The van der Waals surface area contributed by atoms with Crippen LogP contribution < -0.4 is 0 Å². The lowest BCUT2D eigenvalue weighted by Crippen LogP contribution is -2.51. The number of amides is 1. The standard InChI is InChI=1S/C24H24FN3O4/c1-2-31-23(30)24(10-4-12-28(16-24)22(29)18-5-3-11-26-15-18)14-20-13-21(27-32-20)17-6-8-19(25)9-7-17/h3,5-9,11,13,15H,2,4,10,12,14,16H2,1H3. The van der Waals surface area contributed by atoms with Gasteiger partial charge in [0.25, 0.3) is 5.91 Å². The second-order valence-corrected chi connectivity index (χ2v) is 7.93. The molecule has 0 aliphatic carbocycles. The number of nitrogens with zero attached hydrogens (tertiary/aromatic N) is 3. The highest BCUT2D eigenvalue weighted by atomic mass is 19.1. The fourth-order valence-corrected chi connectivity index (χ4v) is 4.13. The zero-order valence-electron chi connectivity index (χ0n) is 17.8. The van der Waals surface area contributed by atoms with Crippen molar-refractivity contribution in [3.05, 3.63) is 72.0 Å². The van der Waals surface area contributed by atoms with E-state index in [0.717, 1.165) is 0 Å². The Labute approximate surface area is 185 Å². The number of carbonyl (C=O) groups is 2. The molecular weight excluding hydrogens is 413 g/mol. The van der Waals surface area contributed by atoms with Gasteiger partial charge in [0, 0.05) is 43.5 Å². The zero-order chi connectivity index (χ0) is 22.6. The number of piperidine rings is 1. The van der Waals surface area contributed by atoms with E-state index in [9.17, 15) is 14.0 Å². The molecule has 1 aromatic carbocycles. The van der Waals surface area contributed by atoms with Crippen LogP contribution in [0.25, 0.3) is 11.3 Å². The van der Waals surface area contributed by atoms with E-state index < -0.39 is 5.41 Å². The van der Waals surface area contributed by atoms with Crippen molar-refractivity contribution in [2.24, 2.45) is 5.41 Å². The van der Waals surface area contributed by atoms with Crippen LogP contribution in [-0.4, -0.2) is 46.6 Å². The van der Waals surface area contributed by atoms with E-state index >= 15 is 0 Å². The van der Waals surface area contributed by atoms with Crippen LogP contribution in [0.3, 0.4) is 0 Å². The number of benzene rings is 1. The van der Waals surface area contributed by atoms with Crippen molar-refractivity contribution in [1.82, 2.24) is 15.0 Å². The van der Waals surface area contributed by atoms with E-state index in [-0.39, 0.29) is 37.3 Å². The summed E-state index contributed by atoms with van der Waals surface area (Å²) in [7, 11) is 0. The smallest absolute Gasteiger partial charge is 0.314 e. The summed E-state index contributed by atoms with van der Waals surface area (Å²) >= 11 is 0. The SMILES string of the molecule is CCOC(=O)C1(Cc2cc(-c3ccc(F)cc3)no2)CCCN(C(=O)c2cccnc2)C1. The third-order valence-electron chi connectivity index (χ3n) is 5.69. The van der Waals surface area contributed by atoms with E-state index in [1.165, 1.54) is 18.3 Å². The fourth-order valence-electron chi connectivity index (χ4n) is 4.13. The number of hydrogen-bond acceptors (Lipinski definition) is 6. The Balaban J connectivity index is 1.59. The van der Waals surface area contributed by atoms with Crippen LogP contribution in [0.2, 0.25) is 0 Å². The molecule has 3 heterocycles. The number of esters is 1. The molecule has 4 rings (SSSR count). The van der Waals surface area contributed by atoms with E-state index in [4.69, 9.17) is 9.26 Å². The van der Waals surface area contributed by atoms with Gasteiger partial charge in [0.2, 0.25) is 0 Å². The number of aromatic nitrogens is 2. The first-order chi connectivity index (χ1) is 15.5. The highest BCUT2D eigenvalue weighted by Gasteiger charge is 2.46. The fraction of sp³-hybridized carbons (Fsp3) is 0.333. The summed E-state index contributed by atoms with van der Waals surface area (Å²) in [6.07, 6.45) is 4.60. The Bertz CT molecular complexity index is 1080. The van der Waals surface area contributed by atoms with Gasteiger partial charge >= 0.3 is 5.97 Å². The molecule has 8 heteroatoms. The monoisotopic (exact) mass is 437 g/mol. The van der Waals surface area contributed by atoms with Gasteiger partial charge in [0.05, 0.1) is 17.6 Å². The van der Waals surface area contributed by atoms with Crippen molar-refractivity contribution >= 4 is 11.9 Å². The molecule has 32 heavy (non-hydrogen) atoms. The summed E-state index contributed by atoms with van der Waals surface area (Å²) in [6, 6.07) is 11.1. The number of ether oxygens (including phenoxy) is 1. The molecule has 1 unspecified atom stereocenters. The number of halogens is 1. The van der Waals surface area contributed by atoms with Gasteiger partial charge in [0.1, 0.15) is 17.3 Å². The lowest BCUT2D eigenvalue weighted by atomic mass is 9.76. The van der Waals surface area contributed by atoms with Crippen molar-refractivity contribution in [2.75, 3.05) is 19.7 Å². The molecule has 1 saturated heterocycles. The average Bonchev–Trinajstić information content (AvgIpc) is 3.28. The summed E-state index contributed by atoms with van der Waals surface area (Å²) < 4.78 is 24.1. The number of likely N-dealkylation sites (tertiary alicyclic amines) is 1. The summed E-state index contributed by atoms with van der Waals surface area (Å²) in [5.41, 5.74) is 0.804. The summed E-state index contributed by atoms with van der Waals surface area (Å²) in [4.78, 5) is 31.8. The molecule has 1 aliphatic rings. The van der Waals surface area contributed by atoms with Crippen molar-refractivity contribution < 1.29 is 23.2 Å². The van der Waals surface area contributed by atoms with Crippen LogP contribution in [0.1, 0.15) is 35.9 Å². The van der Waals surface area contributed by atoms with Crippen molar-refractivity contribution in [2.45, 2.75) is 26.2 Å². The third-order valence-corrected chi connectivity index (χ3v) is 5.69. The van der Waals surface area contributed by atoms with Gasteiger partial charge in [0.15, 0.2) is 0 Å². The van der Waals surface area contributed by atoms with Gasteiger partial charge in [-0.25, -0.2) is 4.39 Å². The Hall–Kier alpha value is -3.55. The highest BCUT2D eigenvalue weighted by molar-refractivity contribution is 5.94. The molecule has 0 saturated carbocycles. The minimum Gasteiger partial charge on any atom is -0.466 e. The topological polar surface area (TPSA) is 85.5 Å². The quantitative estimate of drug-likeness (QED) is 0.544. The number of hydrogen-bond donors (Lipinski definition) is 0. The molecule has 166 valence electrons. The first kappa shape index (κ1) is 21.7. The van der Waals surface area contributed by atoms with Crippen molar-refractivity contribution in [3.63, 3.8) is 0 Å². The maximum Gasteiger partial charge on any atom is 0.314 e. The molecule has 1 aliphatic heterocycles. The number of carbonyl (C=O) groups excluding carboxylic acids is 2. The molecule has 0 radical (unpaired) electrons. The largest absolute Gasteiger partial charge is 0.466 e. The summed E-state index contributed by atoms with van der Waals surface area (Å²) in [6.45, 7) is 2.76. The zero-order valence-corrected chi connectivity index (χ0v) is 17.8. The average molecular weight is 437 g/mol. The molecule has 0 spiro atoms. The van der Waals surface area contributed by atoms with Crippen LogP contribution in [0.4, 0.5) is 4.39 Å². The van der Waals surface area contributed by atoms with Crippen molar-refractivity contribution in [3.8, 4) is 11.3 Å².